The summed E-state index contributed by atoms with van der Waals surface area (Å²) in [6.07, 6.45) is 2.34. The predicted molar refractivity (Wildman–Crippen MR) is 91.9 cm³/mol. The molecule has 1 nitrogen and oxygen atoms in total. The lowest BCUT2D eigenvalue weighted by Crippen LogP contribution is -2.22. The first kappa shape index (κ1) is 16.1. The second kappa shape index (κ2) is 7.63. The second-order valence-corrected chi connectivity index (χ2v) is 6.03. The van der Waals surface area contributed by atoms with Crippen LogP contribution in [0.2, 0.25) is 5.02 Å². The van der Waals surface area contributed by atoms with Gasteiger partial charge in [-0.1, -0.05) is 67.4 Å². The van der Waals surface area contributed by atoms with E-state index in [9.17, 15) is 0 Å². The molecule has 0 fully saturated rings. The largest absolute Gasteiger partial charge is 0.304 e. The van der Waals surface area contributed by atoms with Gasteiger partial charge in [-0.3, -0.25) is 0 Å². The van der Waals surface area contributed by atoms with Crippen molar-refractivity contribution in [2.75, 3.05) is 0 Å². The number of halogens is 1. The van der Waals surface area contributed by atoms with Gasteiger partial charge >= 0.3 is 0 Å². The van der Waals surface area contributed by atoms with Crippen molar-refractivity contribution in [3.8, 4) is 0 Å². The van der Waals surface area contributed by atoms with Crippen LogP contribution in [0.15, 0.2) is 48.5 Å². The maximum absolute atomic E-state index is 6.26. The Labute approximate surface area is 133 Å². The van der Waals surface area contributed by atoms with Crippen LogP contribution in [0.25, 0.3) is 0 Å². The van der Waals surface area contributed by atoms with Crippen LogP contribution in [0.5, 0.6) is 0 Å². The number of rotatable bonds is 6. The minimum Gasteiger partial charge on any atom is -0.304 e. The average molecular weight is 302 g/mol. The molecule has 0 aromatic heterocycles. The second-order valence-electron chi connectivity index (χ2n) is 5.62. The van der Waals surface area contributed by atoms with Crippen molar-refractivity contribution in [1.82, 2.24) is 5.32 Å². The van der Waals surface area contributed by atoms with E-state index in [1.807, 2.05) is 18.2 Å². The first-order valence-electron chi connectivity index (χ1n) is 7.71. The summed E-state index contributed by atoms with van der Waals surface area (Å²) in [6.45, 7) is 6.56. The smallest absolute Gasteiger partial charge is 0.0453 e. The van der Waals surface area contributed by atoms with E-state index in [4.69, 9.17) is 11.6 Å². The first-order valence-corrected chi connectivity index (χ1v) is 8.09. The quantitative estimate of drug-likeness (QED) is 0.721. The maximum atomic E-state index is 6.26. The van der Waals surface area contributed by atoms with E-state index in [1.165, 1.54) is 17.5 Å². The molecule has 1 N–H and O–H groups in total. The molecular formula is C19H24ClN. The zero-order chi connectivity index (χ0) is 15.2. The Bertz CT molecular complexity index is 562. The molecule has 2 heteroatoms. The van der Waals surface area contributed by atoms with Crippen molar-refractivity contribution in [2.45, 2.75) is 45.7 Å². The summed E-state index contributed by atoms with van der Waals surface area (Å²) < 4.78 is 0. The Kier molecular flexibility index (Phi) is 5.84. The topological polar surface area (TPSA) is 12.0 Å². The first-order chi connectivity index (χ1) is 10.1. The summed E-state index contributed by atoms with van der Waals surface area (Å²) in [5.41, 5.74) is 3.87. The van der Waals surface area contributed by atoms with E-state index >= 15 is 0 Å². The summed E-state index contributed by atoms with van der Waals surface area (Å²) in [7, 11) is 0. The monoisotopic (exact) mass is 301 g/mol. The highest BCUT2D eigenvalue weighted by molar-refractivity contribution is 6.31. The molecule has 0 bridgehead atoms. The molecule has 0 amide bonds. The molecule has 2 aromatic carbocycles. The van der Waals surface area contributed by atoms with E-state index in [0.29, 0.717) is 6.04 Å². The highest BCUT2D eigenvalue weighted by atomic mass is 35.5. The van der Waals surface area contributed by atoms with Crippen LogP contribution in [0.4, 0.5) is 0 Å². The van der Waals surface area contributed by atoms with Crippen molar-refractivity contribution in [3.05, 3.63) is 70.2 Å². The fourth-order valence-electron chi connectivity index (χ4n) is 2.65. The normalized spacial score (nSPS) is 13.9. The van der Waals surface area contributed by atoms with Gasteiger partial charge in [0, 0.05) is 17.1 Å². The van der Waals surface area contributed by atoms with Crippen LogP contribution in [0.3, 0.4) is 0 Å². The summed E-state index contributed by atoms with van der Waals surface area (Å²) in [4.78, 5) is 0. The Morgan fingerprint density at radius 1 is 0.952 bits per heavy atom. The zero-order valence-electron chi connectivity index (χ0n) is 13.1. The Hall–Kier alpha value is -1.31. The van der Waals surface area contributed by atoms with Crippen molar-refractivity contribution < 1.29 is 0 Å². The molecule has 0 radical (unpaired) electrons. The van der Waals surface area contributed by atoms with Gasteiger partial charge in [-0.15, -0.1) is 0 Å². The van der Waals surface area contributed by atoms with Gasteiger partial charge < -0.3 is 5.32 Å². The summed E-state index contributed by atoms with van der Waals surface area (Å²) >= 11 is 6.26. The van der Waals surface area contributed by atoms with Gasteiger partial charge in [0.25, 0.3) is 0 Å². The maximum Gasteiger partial charge on any atom is 0.0453 e. The van der Waals surface area contributed by atoms with E-state index < -0.39 is 0 Å². The highest BCUT2D eigenvalue weighted by Gasteiger charge is 2.13. The van der Waals surface area contributed by atoms with Gasteiger partial charge in [0.15, 0.2) is 0 Å². The molecule has 2 aromatic rings. The Morgan fingerprint density at radius 2 is 1.62 bits per heavy atom. The van der Waals surface area contributed by atoms with E-state index in [0.717, 1.165) is 17.0 Å². The van der Waals surface area contributed by atoms with E-state index in [1.54, 1.807) is 0 Å². The minimum atomic E-state index is 0.226. The number of hydrogen-bond donors (Lipinski definition) is 1. The number of benzene rings is 2. The molecule has 21 heavy (non-hydrogen) atoms. The zero-order valence-corrected chi connectivity index (χ0v) is 13.8. The molecule has 112 valence electrons. The van der Waals surface area contributed by atoms with Crippen LogP contribution in [0.1, 0.15) is 56.0 Å². The van der Waals surface area contributed by atoms with E-state index in [-0.39, 0.29) is 6.04 Å². The molecule has 2 atom stereocenters. The molecule has 2 rings (SSSR count). The number of aryl methyl sites for hydroxylation is 1. The van der Waals surface area contributed by atoms with Crippen molar-refractivity contribution in [1.29, 1.82) is 0 Å². The number of hydrogen-bond acceptors (Lipinski definition) is 1. The highest BCUT2D eigenvalue weighted by Crippen LogP contribution is 2.25. The Balaban J connectivity index is 2.03. The molecule has 0 spiro atoms. The average Bonchev–Trinajstić information content (AvgIpc) is 2.48. The van der Waals surface area contributed by atoms with Crippen LogP contribution in [-0.4, -0.2) is 0 Å². The van der Waals surface area contributed by atoms with Gasteiger partial charge in [0.2, 0.25) is 0 Å². The Morgan fingerprint density at radius 3 is 2.24 bits per heavy atom. The van der Waals surface area contributed by atoms with Gasteiger partial charge in [0.05, 0.1) is 0 Å². The molecule has 1 unspecified atom stereocenters. The minimum absolute atomic E-state index is 0.226. The van der Waals surface area contributed by atoms with Crippen LogP contribution >= 0.6 is 11.6 Å². The lowest BCUT2D eigenvalue weighted by molar-refractivity contribution is 0.495. The molecule has 0 aliphatic heterocycles. The van der Waals surface area contributed by atoms with E-state index in [2.05, 4.69) is 56.4 Å². The van der Waals surface area contributed by atoms with Gasteiger partial charge in [-0.25, -0.2) is 0 Å². The summed E-state index contributed by atoms with van der Waals surface area (Å²) in [6, 6.07) is 17.5. The van der Waals surface area contributed by atoms with Crippen LogP contribution in [0, 0.1) is 0 Å². The molecule has 0 aliphatic carbocycles. The molecular weight excluding hydrogens is 278 g/mol. The molecule has 0 aliphatic rings. The third-order valence-corrected chi connectivity index (χ3v) is 4.23. The molecule has 0 saturated carbocycles. The lowest BCUT2D eigenvalue weighted by atomic mass is 10.0. The fraction of sp³-hybridized carbons (Fsp3) is 0.368. The third kappa shape index (κ3) is 4.33. The molecule has 0 heterocycles. The van der Waals surface area contributed by atoms with Gasteiger partial charge in [-0.2, -0.15) is 0 Å². The lowest BCUT2D eigenvalue weighted by Gasteiger charge is -2.21. The van der Waals surface area contributed by atoms with Crippen molar-refractivity contribution >= 4 is 11.6 Å². The summed E-state index contributed by atoms with van der Waals surface area (Å²) in [5, 5.41) is 4.44. The molecule has 0 saturated heterocycles. The van der Waals surface area contributed by atoms with Gasteiger partial charge in [0.1, 0.15) is 0 Å². The van der Waals surface area contributed by atoms with Gasteiger partial charge in [-0.05, 0) is 43.0 Å². The third-order valence-electron chi connectivity index (χ3n) is 3.89. The van der Waals surface area contributed by atoms with Crippen LogP contribution < -0.4 is 5.32 Å². The standard InChI is InChI=1S/C19H24ClN/c1-4-7-16-10-12-17(13-11-16)14(2)21-15(3)18-8-5-6-9-19(18)20/h5-6,8-15,21H,4,7H2,1-3H3/t14?,15-/m1/s1. The SMILES string of the molecule is CCCc1ccc(C(C)N[C@H](C)c2ccccc2Cl)cc1. The van der Waals surface area contributed by atoms with Crippen molar-refractivity contribution in [2.24, 2.45) is 0 Å². The van der Waals surface area contributed by atoms with Crippen LogP contribution in [-0.2, 0) is 6.42 Å². The summed E-state index contributed by atoms with van der Waals surface area (Å²) in [5.74, 6) is 0. The predicted octanol–water partition coefficient (Wildman–Crippen LogP) is 5.70. The fourth-order valence-corrected chi connectivity index (χ4v) is 2.95. The van der Waals surface area contributed by atoms with Crippen molar-refractivity contribution in [3.63, 3.8) is 0 Å². The number of nitrogens with one attached hydrogen (secondary N) is 1.